The van der Waals surface area contributed by atoms with Gasteiger partial charge in [-0.1, -0.05) is 0 Å². The van der Waals surface area contributed by atoms with Gasteiger partial charge in [-0.15, -0.1) is 0 Å². The van der Waals surface area contributed by atoms with E-state index in [0.29, 0.717) is 18.1 Å². The number of hydrogen-bond donors (Lipinski definition) is 2. The van der Waals surface area contributed by atoms with Crippen molar-refractivity contribution >= 4 is 33.4 Å². The van der Waals surface area contributed by atoms with Crippen LogP contribution in [0.15, 0.2) is 5.10 Å². The highest BCUT2D eigenvalue weighted by atomic mass is 32.2. The Hall–Kier alpha value is -1.52. The van der Waals surface area contributed by atoms with E-state index in [1.807, 2.05) is 18.5 Å². The Morgan fingerprint density at radius 2 is 2.27 bits per heavy atom. The van der Waals surface area contributed by atoms with Crippen LogP contribution in [-0.4, -0.2) is 60.3 Å². The van der Waals surface area contributed by atoms with Gasteiger partial charge >= 0.3 is 0 Å². The molecule has 2 atom stereocenters. The van der Waals surface area contributed by atoms with Crippen LogP contribution in [0.2, 0.25) is 0 Å². The fraction of sp³-hybridized carbons (Fsp3) is 0.688. The first kappa shape index (κ1) is 19.2. The molecule has 0 unspecified atom stereocenters. The lowest BCUT2D eigenvalue weighted by atomic mass is 10.2. The van der Waals surface area contributed by atoms with Crippen molar-refractivity contribution in [2.24, 2.45) is 5.10 Å². The fourth-order valence-corrected chi connectivity index (χ4v) is 5.22. The Labute approximate surface area is 159 Å². The Morgan fingerprint density at radius 3 is 2.92 bits per heavy atom. The van der Waals surface area contributed by atoms with Crippen molar-refractivity contribution in [3.8, 4) is 0 Å². The van der Waals surface area contributed by atoms with Gasteiger partial charge in [-0.2, -0.15) is 10.2 Å². The smallest absolute Gasteiger partial charge is 0.187 e. The molecule has 0 saturated carbocycles. The third-order valence-corrected chi connectivity index (χ3v) is 6.80. The average molecular weight is 400 g/mol. The van der Waals surface area contributed by atoms with Gasteiger partial charge in [-0.25, -0.2) is 8.42 Å². The number of ether oxygens (including phenoxy) is 1. The van der Waals surface area contributed by atoms with Crippen LogP contribution in [0, 0.1) is 13.8 Å². The highest BCUT2D eigenvalue weighted by Crippen LogP contribution is 2.26. The van der Waals surface area contributed by atoms with Crippen molar-refractivity contribution in [3.05, 3.63) is 17.0 Å². The summed E-state index contributed by atoms with van der Waals surface area (Å²) in [5, 5.41) is 12.2. The van der Waals surface area contributed by atoms with Crippen LogP contribution in [0.3, 0.4) is 0 Å². The summed E-state index contributed by atoms with van der Waals surface area (Å²) < 4.78 is 30.8. The largest absolute Gasteiger partial charge is 0.376 e. The number of aromatic nitrogens is 2. The number of nitrogens with one attached hydrogen (secondary N) is 2. The fourth-order valence-electron chi connectivity index (χ4n) is 3.39. The Bertz CT molecular complexity index is 797. The first-order valence-corrected chi connectivity index (χ1v) is 11.0. The quantitative estimate of drug-likeness (QED) is 0.430. The molecule has 2 fully saturated rings. The summed E-state index contributed by atoms with van der Waals surface area (Å²) in [6.45, 7) is 5.31. The van der Waals surface area contributed by atoms with Crippen LogP contribution in [0.4, 0.5) is 0 Å². The Morgan fingerprint density at radius 1 is 1.46 bits per heavy atom. The Balaban J connectivity index is 1.57. The molecule has 2 aliphatic heterocycles. The lowest BCUT2D eigenvalue weighted by Crippen LogP contribution is -2.37. The van der Waals surface area contributed by atoms with Gasteiger partial charge in [-0.05, 0) is 45.3 Å². The second-order valence-electron chi connectivity index (χ2n) is 6.80. The molecule has 0 amide bonds. The zero-order valence-corrected chi connectivity index (χ0v) is 16.7. The Kier molecular flexibility index (Phi) is 5.93. The van der Waals surface area contributed by atoms with Crippen LogP contribution in [0.25, 0.3) is 0 Å². The molecule has 0 spiro atoms. The lowest BCUT2D eigenvalue weighted by Gasteiger charge is -2.12. The van der Waals surface area contributed by atoms with Gasteiger partial charge in [-0.3, -0.25) is 10.1 Å². The van der Waals surface area contributed by atoms with Crippen molar-refractivity contribution < 1.29 is 13.2 Å². The molecule has 0 radical (unpaired) electrons. The van der Waals surface area contributed by atoms with E-state index in [0.717, 1.165) is 36.4 Å². The number of aryl methyl sites for hydroxylation is 1. The maximum Gasteiger partial charge on any atom is 0.187 e. The molecule has 1 aromatic heterocycles. The first-order chi connectivity index (χ1) is 12.4. The van der Waals surface area contributed by atoms with E-state index in [4.69, 9.17) is 17.0 Å². The summed E-state index contributed by atoms with van der Waals surface area (Å²) in [6, 6.07) is -0.0945. The van der Waals surface area contributed by atoms with Gasteiger partial charge in [0.1, 0.15) is 0 Å². The van der Waals surface area contributed by atoms with Crippen molar-refractivity contribution in [2.45, 2.75) is 45.3 Å². The second kappa shape index (κ2) is 8.01. The number of nitrogens with zero attached hydrogens (tertiary/aromatic N) is 3. The molecule has 2 saturated heterocycles. The maximum atomic E-state index is 11.7. The van der Waals surface area contributed by atoms with E-state index >= 15 is 0 Å². The molecule has 0 aromatic carbocycles. The van der Waals surface area contributed by atoms with Gasteiger partial charge in [0.2, 0.25) is 0 Å². The monoisotopic (exact) mass is 399 g/mol. The predicted molar refractivity (Wildman–Crippen MR) is 104 cm³/mol. The summed E-state index contributed by atoms with van der Waals surface area (Å²) in [5.74, 6) is 0.382. The molecule has 0 aliphatic carbocycles. The van der Waals surface area contributed by atoms with Gasteiger partial charge in [0.05, 0.1) is 35.6 Å². The SMILES string of the molecule is Cc1nn([C@@H]2CCS(=O)(=O)C2)c(C)c1/C=N\NC(=S)NC[C@@H]1CCCO1. The lowest BCUT2D eigenvalue weighted by molar-refractivity contribution is 0.114. The molecule has 3 heterocycles. The molecule has 0 bridgehead atoms. The molecule has 144 valence electrons. The van der Waals surface area contributed by atoms with E-state index in [1.54, 1.807) is 6.21 Å². The molecule has 26 heavy (non-hydrogen) atoms. The second-order valence-corrected chi connectivity index (χ2v) is 9.44. The van der Waals surface area contributed by atoms with E-state index in [1.165, 1.54) is 0 Å². The number of rotatable bonds is 5. The molecular weight excluding hydrogens is 374 g/mol. The van der Waals surface area contributed by atoms with E-state index < -0.39 is 9.84 Å². The first-order valence-electron chi connectivity index (χ1n) is 8.80. The van der Waals surface area contributed by atoms with E-state index in [9.17, 15) is 8.42 Å². The average Bonchev–Trinajstić information content (AvgIpc) is 3.28. The summed E-state index contributed by atoms with van der Waals surface area (Å²) in [4.78, 5) is 0. The van der Waals surface area contributed by atoms with Gasteiger partial charge in [0.25, 0.3) is 0 Å². The van der Waals surface area contributed by atoms with E-state index in [2.05, 4.69) is 20.9 Å². The zero-order valence-electron chi connectivity index (χ0n) is 15.1. The highest BCUT2D eigenvalue weighted by Gasteiger charge is 2.31. The standard InChI is InChI=1S/C16H25N5O3S2/c1-11-15(9-18-19-16(25)17-8-14-4-3-6-24-14)12(2)21(20-11)13-5-7-26(22,23)10-13/h9,13-14H,3-8,10H2,1-2H3,(H2,17,19,25)/b18-9-/t13-,14+/m1/s1. The summed E-state index contributed by atoms with van der Waals surface area (Å²) in [5.41, 5.74) is 5.41. The molecule has 8 nitrogen and oxygen atoms in total. The van der Waals surface area contributed by atoms with Crippen LogP contribution >= 0.6 is 12.2 Å². The summed E-state index contributed by atoms with van der Waals surface area (Å²) in [7, 11) is -2.95. The van der Waals surface area contributed by atoms with Crippen molar-refractivity contribution in [3.63, 3.8) is 0 Å². The topological polar surface area (TPSA) is 97.6 Å². The number of hydrazone groups is 1. The summed E-state index contributed by atoms with van der Waals surface area (Å²) >= 11 is 5.21. The van der Waals surface area contributed by atoms with Gasteiger partial charge in [0.15, 0.2) is 14.9 Å². The predicted octanol–water partition coefficient (Wildman–Crippen LogP) is 0.837. The highest BCUT2D eigenvalue weighted by molar-refractivity contribution is 7.91. The normalized spacial score (nSPS) is 25.0. The molecule has 2 aliphatic rings. The van der Waals surface area contributed by atoms with Crippen molar-refractivity contribution in [1.82, 2.24) is 20.5 Å². The van der Waals surface area contributed by atoms with Crippen molar-refractivity contribution in [1.29, 1.82) is 0 Å². The van der Waals surface area contributed by atoms with Crippen LogP contribution in [0.1, 0.15) is 42.3 Å². The molecule has 2 N–H and O–H groups in total. The summed E-state index contributed by atoms with van der Waals surface area (Å²) in [6.07, 6.45) is 4.64. The maximum absolute atomic E-state index is 11.7. The minimum absolute atomic E-state index is 0.0945. The van der Waals surface area contributed by atoms with Crippen molar-refractivity contribution in [2.75, 3.05) is 24.7 Å². The third-order valence-electron chi connectivity index (χ3n) is 4.81. The molecular formula is C16H25N5O3S2. The zero-order chi connectivity index (χ0) is 18.7. The minimum atomic E-state index is -2.95. The minimum Gasteiger partial charge on any atom is -0.376 e. The van der Waals surface area contributed by atoms with Crippen LogP contribution in [-0.2, 0) is 14.6 Å². The van der Waals surface area contributed by atoms with Gasteiger partial charge < -0.3 is 10.1 Å². The van der Waals surface area contributed by atoms with Gasteiger partial charge in [0, 0.05) is 24.4 Å². The number of sulfone groups is 1. The molecule has 10 heteroatoms. The van der Waals surface area contributed by atoms with E-state index in [-0.39, 0.29) is 23.7 Å². The third kappa shape index (κ3) is 4.60. The molecule has 1 aromatic rings. The number of thiocarbonyl (C=S) groups is 1. The van der Waals surface area contributed by atoms with Crippen LogP contribution < -0.4 is 10.7 Å². The van der Waals surface area contributed by atoms with Crippen LogP contribution in [0.5, 0.6) is 0 Å². The molecule has 3 rings (SSSR count). The number of hydrogen-bond acceptors (Lipinski definition) is 6.